The SMILES string of the molecule is CC1CC(C)C(C)N(c2ccc(C(C)O)nc2)C1. The van der Waals surface area contributed by atoms with E-state index in [1.54, 1.807) is 6.92 Å². The first-order valence-corrected chi connectivity index (χ1v) is 6.89. The first-order chi connectivity index (χ1) is 8.49. The lowest BCUT2D eigenvalue weighted by molar-refractivity contribution is 0.194. The van der Waals surface area contributed by atoms with Crippen molar-refractivity contribution in [2.45, 2.75) is 46.3 Å². The van der Waals surface area contributed by atoms with Crippen molar-refractivity contribution in [3.8, 4) is 0 Å². The van der Waals surface area contributed by atoms with Crippen molar-refractivity contribution in [1.29, 1.82) is 0 Å². The van der Waals surface area contributed by atoms with Gasteiger partial charge in [0.05, 0.1) is 23.7 Å². The van der Waals surface area contributed by atoms with Gasteiger partial charge in [0, 0.05) is 12.6 Å². The maximum Gasteiger partial charge on any atom is 0.0931 e. The van der Waals surface area contributed by atoms with Crippen LogP contribution in [0.3, 0.4) is 0 Å². The van der Waals surface area contributed by atoms with E-state index in [4.69, 9.17) is 0 Å². The van der Waals surface area contributed by atoms with Gasteiger partial charge < -0.3 is 10.0 Å². The predicted molar refractivity (Wildman–Crippen MR) is 74.6 cm³/mol. The second-order valence-corrected chi connectivity index (χ2v) is 5.83. The van der Waals surface area contributed by atoms with Crippen LogP contribution in [0.15, 0.2) is 18.3 Å². The van der Waals surface area contributed by atoms with Gasteiger partial charge in [0.1, 0.15) is 0 Å². The van der Waals surface area contributed by atoms with Crippen LogP contribution in [0.4, 0.5) is 5.69 Å². The maximum absolute atomic E-state index is 9.48. The van der Waals surface area contributed by atoms with Gasteiger partial charge in [-0.1, -0.05) is 13.8 Å². The summed E-state index contributed by atoms with van der Waals surface area (Å²) in [5.74, 6) is 1.44. The van der Waals surface area contributed by atoms with Gasteiger partial charge in [0.2, 0.25) is 0 Å². The van der Waals surface area contributed by atoms with Crippen LogP contribution in [0.5, 0.6) is 0 Å². The molecule has 3 nitrogen and oxygen atoms in total. The molecule has 1 N–H and O–H groups in total. The maximum atomic E-state index is 9.48. The second-order valence-electron chi connectivity index (χ2n) is 5.83. The van der Waals surface area contributed by atoms with Crippen molar-refractivity contribution in [2.75, 3.05) is 11.4 Å². The van der Waals surface area contributed by atoms with Gasteiger partial charge >= 0.3 is 0 Å². The molecular formula is C15H24N2O. The quantitative estimate of drug-likeness (QED) is 0.874. The molecule has 1 aliphatic heterocycles. The van der Waals surface area contributed by atoms with Crippen LogP contribution >= 0.6 is 0 Å². The molecule has 1 aromatic rings. The van der Waals surface area contributed by atoms with Crippen LogP contribution in [0.25, 0.3) is 0 Å². The zero-order valence-electron chi connectivity index (χ0n) is 11.8. The molecule has 3 heteroatoms. The van der Waals surface area contributed by atoms with Gasteiger partial charge in [-0.2, -0.15) is 0 Å². The summed E-state index contributed by atoms with van der Waals surface area (Å²) in [4.78, 5) is 6.79. The van der Waals surface area contributed by atoms with Gasteiger partial charge in [-0.25, -0.2) is 0 Å². The Morgan fingerprint density at radius 2 is 2.06 bits per heavy atom. The molecule has 18 heavy (non-hydrogen) atoms. The monoisotopic (exact) mass is 248 g/mol. The molecule has 0 aromatic carbocycles. The number of piperidine rings is 1. The van der Waals surface area contributed by atoms with Crippen LogP contribution in [0, 0.1) is 11.8 Å². The minimum atomic E-state index is -0.490. The van der Waals surface area contributed by atoms with Crippen LogP contribution in [0.2, 0.25) is 0 Å². The van der Waals surface area contributed by atoms with Crippen LogP contribution in [-0.2, 0) is 0 Å². The van der Waals surface area contributed by atoms with Crippen molar-refractivity contribution >= 4 is 5.69 Å². The molecule has 1 fully saturated rings. The third-order valence-electron chi connectivity index (χ3n) is 4.13. The smallest absolute Gasteiger partial charge is 0.0931 e. The van der Waals surface area contributed by atoms with E-state index in [0.29, 0.717) is 12.0 Å². The van der Waals surface area contributed by atoms with Crippen molar-refractivity contribution in [3.63, 3.8) is 0 Å². The standard InChI is InChI=1S/C15H24N2O/c1-10-7-11(2)12(3)17(9-10)14-5-6-15(13(4)18)16-8-14/h5-6,8,10-13,18H,7,9H2,1-4H3. The molecule has 2 rings (SSSR count). The third-order valence-corrected chi connectivity index (χ3v) is 4.13. The number of aliphatic hydroxyl groups is 1. The highest BCUT2D eigenvalue weighted by Crippen LogP contribution is 2.31. The summed E-state index contributed by atoms with van der Waals surface area (Å²) in [5, 5.41) is 9.48. The molecule has 0 bridgehead atoms. The summed E-state index contributed by atoms with van der Waals surface area (Å²) in [7, 11) is 0. The average Bonchev–Trinajstić information content (AvgIpc) is 2.34. The van der Waals surface area contributed by atoms with E-state index < -0.39 is 6.10 Å². The fraction of sp³-hybridized carbons (Fsp3) is 0.667. The Hall–Kier alpha value is -1.09. The molecule has 2 heterocycles. The van der Waals surface area contributed by atoms with Gasteiger partial charge in [0.15, 0.2) is 0 Å². The number of hydrogen-bond acceptors (Lipinski definition) is 3. The summed E-state index contributed by atoms with van der Waals surface area (Å²) >= 11 is 0. The lowest BCUT2D eigenvalue weighted by Gasteiger charge is -2.42. The molecule has 0 amide bonds. The van der Waals surface area contributed by atoms with E-state index in [9.17, 15) is 5.11 Å². The molecule has 0 radical (unpaired) electrons. The van der Waals surface area contributed by atoms with Crippen LogP contribution in [0.1, 0.15) is 45.9 Å². The summed E-state index contributed by atoms with van der Waals surface area (Å²) in [6.07, 6.45) is 2.70. The second kappa shape index (κ2) is 5.27. The molecule has 4 unspecified atom stereocenters. The van der Waals surface area contributed by atoms with Crippen LogP contribution in [-0.4, -0.2) is 22.7 Å². The summed E-state index contributed by atoms with van der Waals surface area (Å²) in [6, 6.07) is 4.56. The molecule has 1 aromatic heterocycles. The lowest BCUT2D eigenvalue weighted by atomic mass is 9.86. The number of hydrogen-bond donors (Lipinski definition) is 1. The summed E-state index contributed by atoms with van der Waals surface area (Å²) < 4.78 is 0. The molecule has 1 aliphatic rings. The topological polar surface area (TPSA) is 36.4 Å². The Morgan fingerprint density at radius 1 is 1.33 bits per heavy atom. The van der Waals surface area contributed by atoms with Gasteiger partial charge in [-0.15, -0.1) is 0 Å². The summed E-state index contributed by atoms with van der Waals surface area (Å²) in [6.45, 7) is 9.77. The highest BCUT2D eigenvalue weighted by molar-refractivity contribution is 5.46. The van der Waals surface area contributed by atoms with Gasteiger partial charge in [0.25, 0.3) is 0 Å². The lowest BCUT2D eigenvalue weighted by Crippen LogP contribution is -2.45. The Morgan fingerprint density at radius 3 is 2.61 bits per heavy atom. The molecular weight excluding hydrogens is 224 g/mol. The van der Waals surface area contributed by atoms with Crippen molar-refractivity contribution in [1.82, 2.24) is 4.98 Å². The van der Waals surface area contributed by atoms with Gasteiger partial charge in [-0.3, -0.25) is 4.98 Å². The first kappa shape index (κ1) is 13.3. The van der Waals surface area contributed by atoms with E-state index >= 15 is 0 Å². The zero-order chi connectivity index (χ0) is 13.3. The zero-order valence-corrected chi connectivity index (χ0v) is 11.8. The van der Waals surface area contributed by atoms with Crippen molar-refractivity contribution in [2.24, 2.45) is 11.8 Å². The van der Waals surface area contributed by atoms with Crippen LogP contribution < -0.4 is 4.90 Å². The highest BCUT2D eigenvalue weighted by atomic mass is 16.3. The normalized spacial score (nSPS) is 30.3. The number of rotatable bonds is 2. The Bertz CT molecular complexity index is 388. The molecule has 0 spiro atoms. The van der Waals surface area contributed by atoms with Gasteiger partial charge in [-0.05, 0) is 44.2 Å². The largest absolute Gasteiger partial charge is 0.387 e. The summed E-state index contributed by atoms with van der Waals surface area (Å²) in [5.41, 5.74) is 1.91. The Balaban J connectivity index is 2.19. The highest BCUT2D eigenvalue weighted by Gasteiger charge is 2.28. The van der Waals surface area contributed by atoms with Crippen molar-refractivity contribution < 1.29 is 5.11 Å². The molecule has 4 atom stereocenters. The predicted octanol–water partition coefficient (Wildman–Crippen LogP) is 3.01. The van der Waals surface area contributed by atoms with E-state index in [-0.39, 0.29) is 0 Å². The minimum Gasteiger partial charge on any atom is -0.387 e. The fourth-order valence-corrected chi connectivity index (χ4v) is 2.87. The number of anilines is 1. The minimum absolute atomic E-state index is 0.490. The van der Waals surface area contributed by atoms with E-state index in [2.05, 4.69) is 36.7 Å². The van der Waals surface area contributed by atoms with Crippen molar-refractivity contribution in [3.05, 3.63) is 24.0 Å². The molecule has 1 saturated heterocycles. The van der Waals surface area contributed by atoms with E-state index in [1.807, 2.05) is 12.3 Å². The molecule has 0 aliphatic carbocycles. The number of aromatic nitrogens is 1. The number of nitrogens with zero attached hydrogens (tertiary/aromatic N) is 2. The van der Waals surface area contributed by atoms with E-state index in [1.165, 1.54) is 12.1 Å². The van der Waals surface area contributed by atoms with E-state index in [0.717, 1.165) is 18.2 Å². The fourth-order valence-electron chi connectivity index (χ4n) is 2.87. The molecule has 0 saturated carbocycles. The first-order valence-electron chi connectivity index (χ1n) is 6.89. The number of aliphatic hydroxyl groups excluding tert-OH is 1. The number of pyridine rings is 1. The molecule has 100 valence electrons. The average molecular weight is 248 g/mol. The third kappa shape index (κ3) is 2.66. The Kier molecular flexibility index (Phi) is 3.91. The Labute approximate surface area is 110 Å².